The zero-order valence-corrected chi connectivity index (χ0v) is 11.6. The first-order valence-corrected chi connectivity index (χ1v) is 7.68. The van der Waals surface area contributed by atoms with Gasteiger partial charge < -0.3 is 5.11 Å². The SMILES string of the molecule is Oc1ccc(CC2(CBr)CC3CCC2C3)cc1. The zero-order valence-electron chi connectivity index (χ0n) is 10.0. The number of alkyl halides is 1. The fourth-order valence-electron chi connectivity index (χ4n) is 4.01. The lowest BCUT2D eigenvalue weighted by Crippen LogP contribution is -2.32. The van der Waals surface area contributed by atoms with Gasteiger partial charge in [0.2, 0.25) is 0 Å². The molecule has 2 heteroatoms. The largest absolute Gasteiger partial charge is 0.508 e. The number of rotatable bonds is 3. The fraction of sp³-hybridized carbons (Fsp3) is 0.600. The monoisotopic (exact) mass is 294 g/mol. The Kier molecular flexibility index (Phi) is 2.94. The lowest BCUT2D eigenvalue weighted by molar-refractivity contribution is 0.197. The molecule has 2 bridgehead atoms. The van der Waals surface area contributed by atoms with Crippen LogP contribution in [0.1, 0.15) is 31.2 Å². The molecule has 92 valence electrons. The Labute approximate surface area is 111 Å². The van der Waals surface area contributed by atoms with E-state index in [1.54, 1.807) is 0 Å². The van der Waals surface area contributed by atoms with Gasteiger partial charge in [0.05, 0.1) is 0 Å². The summed E-state index contributed by atoms with van der Waals surface area (Å²) in [5.41, 5.74) is 1.86. The Morgan fingerprint density at radius 1 is 1.24 bits per heavy atom. The van der Waals surface area contributed by atoms with Gasteiger partial charge in [0.1, 0.15) is 5.75 Å². The molecule has 0 radical (unpaired) electrons. The predicted molar refractivity (Wildman–Crippen MR) is 73.5 cm³/mol. The van der Waals surface area contributed by atoms with Crippen molar-refractivity contribution in [3.63, 3.8) is 0 Å². The second-order valence-corrected chi connectivity index (χ2v) is 6.48. The molecule has 2 aliphatic carbocycles. The third-order valence-electron chi connectivity index (χ3n) is 4.86. The van der Waals surface area contributed by atoms with E-state index >= 15 is 0 Å². The van der Waals surface area contributed by atoms with E-state index in [2.05, 4.69) is 28.1 Å². The topological polar surface area (TPSA) is 20.2 Å². The molecule has 3 rings (SSSR count). The molecule has 1 aromatic rings. The molecule has 0 heterocycles. The summed E-state index contributed by atoms with van der Waals surface area (Å²) < 4.78 is 0. The average molecular weight is 295 g/mol. The Hall–Kier alpha value is -0.500. The third kappa shape index (κ3) is 2.01. The Balaban J connectivity index is 1.80. The average Bonchev–Trinajstić information content (AvgIpc) is 2.93. The molecule has 17 heavy (non-hydrogen) atoms. The van der Waals surface area contributed by atoms with Gasteiger partial charge in [-0.3, -0.25) is 0 Å². The summed E-state index contributed by atoms with van der Waals surface area (Å²) >= 11 is 3.76. The van der Waals surface area contributed by atoms with Crippen LogP contribution in [0.5, 0.6) is 5.75 Å². The number of hydrogen-bond acceptors (Lipinski definition) is 1. The highest BCUT2D eigenvalue weighted by molar-refractivity contribution is 9.09. The van der Waals surface area contributed by atoms with Crippen molar-refractivity contribution in [3.8, 4) is 5.75 Å². The maximum absolute atomic E-state index is 9.33. The van der Waals surface area contributed by atoms with Crippen LogP contribution >= 0.6 is 15.9 Å². The summed E-state index contributed by atoms with van der Waals surface area (Å²) in [6.07, 6.45) is 6.89. The van der Waals surface area contributed by atoms with Gasteiger partial charge in [-0.05, 0) is 60.6 Å². The highest BCUT2D eigenvalue weighted by Crippen LogP contribution is 2.58. The van der Waals surface area contributed by atoms with Gasteiger partial charge in [-0.2, -0.15) is 0 Å². The molecule has 2 fully saturated rings. The van der Waals surface area contributed by atoms with Gasteiger partial charge >= 0.3 is 0 Å². The molecule has 1 nitrogen and oxygen atoms in total. The van der Waals surface area contributed by atoms with Crippen molar-refractivity contribution in [2.75, 3.05) is 5.33 Å². The number of phenols is 1. The number of benzene rings is 1. The van der Waals surface area contributed by atoms with Crippen LogP contribution in [0.4, 0.5) is 0 Å². The van der Waals surface area contributed by atoms with E-state index in [0.717, 1.165) is 17.2 Å². The molecular weight excluding hydrogens is 276 g/mol. The molecule has 3 unspecified atom stereocenters. The van der Waals surface area contributed by atoms with E-state index in [-0.39, 0.29) is 0 Å². The van der Waals surface area contributed by atoms with Crippen molar-refractivity contribution in [3.05, 3.63) is 29.8 Å². The van der Waals surface area contributed by atoms with E-state index in [1.165, 1.54) is 37.7 Å². The summed E-state index contributed by atoms with van der Waals surface area (Å²) in [5.74, 6) is 2.27. The van der Waals surface area contributed by atoms with Crippen LogP contribution in [-0.4, -0.2) is 10.4 Å². The van der Waals surface area contributed by atoms with Crippen LogP contribution in [0.25, 0.3) is 0 Å². The van der Waals surface area contributed by atoms with Gasteiger partial charge in [-0.1, -0.05) is 34.5 Å². The number of phenolic OH excluding ortho intramolecular Hbond substituents is 1. The van der Waals surface area contributed by atoms with Crippen molar-refractivity contribution in [2.45, 2.75) is 32.1 Å². The van der Waals surface area contributed by atoms with Crippen molar-refractivity contribution in [1.82, 2.24) is 0 Å². The van der Waals surface area contributed by atoms with Gasteiger partial charge in [0.25, 0.3) is 0 Å². The van der Waals surface area contributed by atoms with Crippen LogP contribution in [-0.2, 0) is 6.42 Å². The van der Waals surface area contributed by atoms with E-state index in [1.807, 2.05) is 12.1 Å². The highest BCUT2D eigenvalue weighted by atomic mass is 79.9. The minimum absolute atomic E-state index is 0.370. The lowest BCUT2D eigenvalue weighted by Gasteiger charge is -2.36. The van der Waals surface area contributed by atoms with Gasteiger partial charge in [-0.25, -0.2) is 0 Å². The zero-order chi connectivity index (χ0) is 11.9. The minimum atomic E-state index is 0.370. The predicted octanol–water partition coefficient (Wildman–Crippen LogP) is 4.14. The van der Waals surface area contributed by atoms with Crippen molar-refractivity contribution >= 4 is 15.9 Å². The van der Waals surface area contributed by atoms with Crippen LogP contribution < -0.4 is 0 Å². The summed E-state index contributed by atoms with van der Waals surface area (Å²) in [4.78, 5) is 0. The minimum Gasteiger partial charge on any atom is -0.508 e. The first kappa shape index (κ1) is 11.6. The molecule has 0 amide bonds. The number of halogens is 1. The van der Waals surface area contributed by atoms with E-state index < -0.39 is 0 Å². The molecule has 0 saturated heterocycles. The first-order chi connectivity index (χ1) is 8.22. The second-order valence-electron chi connectivity index (χ2n) is 5.92. The summed E-state index contributed by atoms with van der Waals surface area (Å²) in [7, 11) is 0. The molecule has 0 spiro atoms. The third-order valence-corrected chi connectivity index (χ3v) is 5.98. The lowest BCUT2D eigenvalue weighted by atomic mass is 9.71. The fourth-order valence-corrected chi connectivity index (χ4v) is 4.89. The van der Waals surface area contributed by atoms with Crippen molar-refractivity contribution in [2.24, 2.45) is 17.3 Å². The first-order valence-electron chi connectivity index (χ1n) is 6.56. The van der Waals surface area contributed by atoms with Crippen LogP contribution in [0.2, 0.25) is 0 Å². The molecule has 3 atom stereocenters. The number of aromatic hydroxyl groups is 1. The summed E-state index contributed by atoms with van der Waals surface area (Å²) in [6.45, 7) is 0. The summed E-state index contributed by atoms with van der Waals surface area (Å²) in [6, 6.07) is 7.77. The molecule has 0 aromatic heterocycles. The molecular formula is C15H19BrO. The maximum Gasteiger partial charge on any atom is 0.115 e. The standard InChI is InChI=1S/C15H19BrO/c16-10-15(9-12-1-4-13(15)7-12)8-11-2-5-14(17)6-3-11/h2-3,5-6,12-13,17H,1,4,7-10H2. The van der Waals surface area contributed by atoms with E-state index in [9.17, 15) is 5.11 Å². The normalized spacial score (nSPS) is 35.4. The van der Waals surface area contributed by atoms with E-state index in [0.29, 0.717) is 11.2 Å². The molecule has 2 saturated carbocycles. The number of fused-ring (bicyclic) bond motifs is 2. The summed E-state index contributed by atoms with van der Waals surface area (Å²) in [5, 5.41) is 10.5. The van der Waals surface area contributed by atoms with Gasteiger partial charge in [0.15, 0.2) is 0 Å². The second kappa shape index (κ2) is 4.31. The Morgan fingerprint density at radius 2 is 2.00 bits per heavy atom. The van der Waals surface area contributed by atoms with Crippen LogP contribution in [0.3, 0.4) is 0 Å². The Morgan fingerprint density at radius 3 is 2.53 bits per heavy atom. The van der Waals surface area contributed by atoms with E-state index in [4.69, 9.17) is 0 Å². The molecule has 0 aliphatic heterocycles. The van der Waals surface area contributed by atoms with Crippen LogP contribution in [0, 0.1) is 17.3 Å². The molecule has 1 N–H and O–H groups in total. The highest BCUT2D eigenvalue weighted by Gasteiger charge is 2.49. The van der Waals surface area contributed by atoms with Crippen LogP contribution in [0.15, 0.2) is 24.3 Å². The maximum atomic E-state index is 9.33. The van der Waals surface area contributed by atoms with Gasteiger partial charge in [0, 0.05) is 5.33 Å². The number of hydrogen-bond donors (Lipinski definition) is 1. The quantitative estimate of drug-likeness (QED) is 0.831. The van der Waals surface area contributed by atoms with Gasteiger partial charge in [-0.15, -0.1) is 0 Å². The molecule has 2 aliphatic rings. The van der Waals surface area contributed by atoms with Crippen molar-refractivity contribution < 1.29 is 5.11 Å². The smallest absolute Gasteiger partial charge is 0.115 e. The Bertz CT molecular complexity index is 400. The molecule has 1 aromatic carbocycles. The van der Waals surface area contributed by atoms with Crippen molar-refractivity contribution in [1.29, 1.82) is 0 Å².